The van der Waals surface area contributed by atoms with Crippen LogP contribution in [0.4, 0.5) is 34.1 Å². The molecule has 4 heteroatoms. The SMILES string of the molecule is CCOc1cc(/C=C/c2ccc(N(c3ccccc3)c3ccccc3)cc2)c(OC)cc1/C=C/c1ccc(N(c2ccccc2)c2ccccc2)cc1. The van der Waals surface area contributed by atoms with Crippen molar-refractivity contribution in [3.8, 4) is 11.5 Å². The average molecular weight is 691 g/mol. The number of hydrogen-bond donors (Lipinski definition) is 0. The second-order valence-corrected chi connectivity index (χ2v) is 12.4. The van der Waals surface area contributed by atoms with Gasteiger partial charge in [-0.3, -0.25) is 0 Å². The average Bonchev–Trinajstić information content (AvgIpc) is 3.22. The number of ether oxygens (including phenoxy) is 2. The minimum atomic E-state index is 0.556. The lowest BCUT2D eigenvalue weighted by Crippen LogP contribution is -2.09. The van der Waals surface area contributed by atoms with Gasteiger partial charge in [0.15, 0.2) is 0 Å². The molecule has 0 radical (unpaired) electrons. The Morgan fingerprint density at radius 2 is 0.717 bits per heavy atom. The molecule has 0 amide bonds. The van der Waals surface area contributed by atoms with Crippen LogP contribution in [-0.2, 0) is 0 Å². The van der Waals surface area contributed by atoms with E-state index in [0.29, 0.717) is 6.61 Å². The van der Waals surface area contributed by atoms with E-state index in [1.807, 2.05) is 37.3 Å². The summed E-state index contributed by atoms with van der Waals surface area (Å²) in [7, 11) is 1.71. The molecule has 0 fully saturated rings. The number of benzene rings is 7. The van der Waals surface area contributed by atoms with Crippen molar-refractivity contribution >= 4 is 58.4 Å². The summed E-state index contributed by atoms with van der Waals surface area (Å²) in [5.41, 5.74) is 10.7. The summed E-state index contributed by atoms with van der Waals surface area (Å²) in [4.78, 5) is 4.52. The monoisotopic (exact) mass is 690 g/mol. The highest BCUT2D eigenvalue weighted by atomic mass is 16.5. The van der Waals surface area contributed by atoms with E-state index in [-0.39, 0.29) is 0 Å². The van der Waals surface area contributed by atoms with Gasteiger partial charge in [0.2, 0.25) is 0 Å². The predicted octanol–water partition coefficient (Wildman–Crippen LogP) is 13.4. The molecule has 7 aromatic rings. The van der Waals surface area contributed by atoms with Crippen LogP contribution in [0.1, 0.15) is 29.2 Å². The molecule has 0 atom stereocenters. The third kappa shape index (κ3) is 8.41. The van der Waals surface area contributed by atoms with Crippen LogP contribution in [0.15, 0.2) is 182 Å². The van der Waals surface area contributed by atoms with Crippen LogP contribution in [0.5, 0.6) is 11.5 Å². The first-order chi connectivity index (χ1) is 26.2. The van der Waals surface area contributed by atoms with Gasteiger partial charge >= 0.3 is 0 Å². The Morgan fingerprint density at radius 3 is 1.06 bits per heavy atom. The van der Waals surface area contributed by atoms with Crippen molar-refractivity contribution in [3.05, 3.63) is 204 Å². The van der Waals surface area contributed by atoms with Gasteiger partial charge in [-0.25, -0.2) is 0 Å². The van der Waals surface area contributed by atoms with Crippen molar-refractivity contribution < 1.29 is 9.47 Å². The van der Waals surface area contributed by atoms with E-state index in [1.54, 1.807) is 7.11 Å². The van der Waals surface area contributed by atoms with Gasteiger partial charge in [0.1, 0.15) is 11.5 Å². The first kappa shape index (κ1) is 34.7. The van der Waals surface area contributed by atoms with Crippen LogP contribution in [0, 0.1) is 0 Å². The Morgan fingerprint density at radius 1 is 0.396 bits per heavy atom. The number of rotatable bonds is 13. The van der Waals surface area contributed by atoms with Gasteiger partial charge in [-0.1, -0.05) is 121 Å². The molecule has 0 N–H and O–H groups in total. The van der Waals surface area contributed by atoms with E-state index < -0.39 is 0 Å². The molecule has 260 valence electrons. The summed E-state index contributed by atoms with van der Waals surface area (Å²) < 4.78 is 12.0. The van der Waals surface area contributed by atoms with E-state index in [1.165, 1.54) is 0 Å². The van der Waals surface area contributed by atoms with Crippen LogP contribution in [-0.4, -0.2) is 13.7 Å². The summed E-state index contributed by atoms with van der Waals surface area (Å²) in [6.45, 7) is 2.56. The summed E-state index contributed by atoms with van der Waals surface area (Å²) in [5.74, 6) is 1.58. The number of methoxy groups -OCH3 is 1. The van der Waals surface area contributed by atoms with Gasteiger partial charge in [0.05, 0.1) is 13.7 Å². The fourth-order valence-corrected chi connectivity index (χ4v) is 6.35. The molecule has 0 unspecified atom stereocenters. The van der Waals surface area contributed by atoms with Gasteiger partial charge in [-0.05, 0) is 103 Å². The van der Waals surface area contributed by atoms with Crippen LogP contribution < -0.4 is 19.3 Å². The molecule has 0 aromatic heterocycles. The van der Waals surface area contributed by atoms with E-state index in [0.717, 1.165) is 67.9 Å². The highest BCUT2D eigenvalue weighted by molar-refractivity contribution is 5.82. The van der Waals surface area contributed by atoms with Crippen molar-refractivity contribution in [2.75, 3.05) is 23.5 Å². The highest BCUT2D eigenvalue weighted by Crippen LogP contribution is 2.37. The number of anilines is 6. The normalized spacial score (nSPS) is 11.1. The van der Waals surface area contributed by atoms with Gasteiger partial charge in [0, 0.05) is 45.3 Å². The quantitative estimate of drug-likeness (QED) is 0.112. The van der Waals surface area contributed by atoms with E-state index >= 15 is 0 Å². The Balaban J connectivity index is 1.11. The van der Waals surface area contributed by atoms with Crippen molar-refractivity contribution in [1.82, 2.24) is 0 Å². The van der Waals surface area contributed by atoms with Crippen molar-refractivity contribution in [3.63, 3.8) is 0 Å². The lowest BCUT2D eigenvalue weighted by Gasteiger charge is -2.25. The summed E-state index contributed by atoms with van der Waals surface area (Å²) in [6, 6.07) is 63.0. The molecule has 53 heavy (non-hydrogen) atoms. The fourth-order valence-electron chi connectivity index (χ4n) is 6.35. The van der Waals surface area contributed by atoms with E-state index in [2.05, 4.69) is 186 Å². The van der Waals surface area contributed by atoms with Crippen LogP contribution in [0.3, 0.4) is 0 Å². The van der Waals surface area contributed by atoms with Crippen LogP contribution in [0.2, 0.25) is 0 Å². The molecular weight excluding hydrogens is 649 g/mol. The molecule has 7 aromatic carbocycles. The summed E-state index contributed by atoms with van der Waals surface area (Å²) >= 11 is 0. The zero-order valence-corrected chi connectivity index (χ0v) is 30.0. The Hall–Kier alpha value is -6.78. The van der Waals surface area contributed by atoms with Crippen molar-refractivity contribution in [2.24, 2.45) is 0 Å². The van der Waals surface area contributed by atoms with Crippen molar-refractivity contribution in [1.29, 1.82) is 0 Å². The zero-order valence-electron chi connectivity index (χ0n) is 30.0. The molecule has 0 aliphatic carbocycles. The molecule has 0 aliphatic heterocycles. The van der Waals surface area contributed by atoms with E-state index in [4.69, 9.17) is 9.47 Å². The standard InChI is InChI=1S/C49H42N2O2/c1-3-53-49-37-40(30-24-38-26-32-46(33-27-38)50(42-16-8-4-9-17-42)43-18-10-5-11-19-43)48(52-2)36-41(49)31-25-39-28-34-47(35-29-39)51(44-20-12-6-13-21-44)45-22-14-7-15-23-45/h4-37H,3H2,1-2H3/b30-24+,31-25+. The first-order valence-electron chi connectivity index (χ1n) is 17.9. The Labute approximate surface area is 313 Å². The van der Waals surface area contributed by atoms with E-state index in [9.17, 15) is 0 Å². The van der Waals surface area contributed by atoms with Gasteiger partial charge in [0.25, 0.3) is 0 Å². The maximum Gasteiger partial charge on any atom is 0.127 e. The summed E-state index contributed by atoms with van der Waals surface area (Å²) in [6.07, 6.45) is 8.39. The van der Waals surface area contributed by atoms with Gasteiger partial charge in [-0.15, -0.1) is 0 Å². The summed E-state index contributed by atoms with van der Waals surface area (Å²) in [5, 5.41) is 0. The highest BCUT2D eigenvalue weighted by Gasteiger charge is 2.13. The smallest absolute Gasteiger partial charge is 0.127 e. The minimum Gasteiger partial charge on any atom is -0.496 e. The molecule has 0 bridgehead atoms. The third-order valence-corrected chi connectivity index (χ3v) is 8.93. The first-order valence-corrected chi connectivity index (χ1v) is 17.9. The van der Waals surface area contributed by atoms with Gasteiger partial charge < -0.3 is 19.3 Å². The predicted molar refractivity (Wildman–Crippen MR) is 224 cm³/mol. The second kappa shape index (κ2) is 17.0. The molecule has 0 saturated carbocycles. The lowest BCUT2D eigenvalue weighted by molar-refractivity contribution is 0.338. The molecule has 0 heterocycles. The number of para-hydroxylation sites is 4. The van der Waals surface area contributed by atoms with Crippen LogP contribution >= 0.6 is 0 Å². The Bertz CT molecular complexity index is 2170. The number of hydrogen-bond acceptors (Lipinski definition) is 4. The Kier molecular flexibility index (Phi) is 11.1. The molecule has 0 saturated heterocycles. The van der Waals surface area contributed by atoms with Gasteiger partial charge in [-0.2, -0.15) is 0 Å². The fraction of sp³-hybridized carbons (Fsp3) is 0.0612. The maximum absolute atomic E-state index is 6.14. The van der Waals surface area contributed by atoms with Crippen LogP contribution in [0.25, 0.3) is 24.3 Å². The largest absolute Gasteiger partial charge is 0.496 e. The lowest BCUT2D eigenvalue weighted by atomic mass is 10.0. The zero-order chi connectivity index (χ0) is 36.2. The topological polar surface area (TPSA) is 24.9 Å². The molecule has 0 spiro atoms. The molecule has 0 aliphatic rings. The second-order valence-electron chi connectivity index (χ2n) is 12.4. The maximum atomic E-state index is 6.14. The molecule has 7 rings (SSSR count). The number of nitrogens with zero attached hydrogens (tertiary/aromatic N) is 2. The molecule has 4 nitrogen and oxygen atoms in total. The van der Waals surface area contributed by atoms with Crippen molar-refractivity contribution in [2.45, 2.75) is 6.92 Å². The minimum absolute atomic E-state index is 0.556. The third-order valence-electron chi connectivity index (χ3n) is 8.93. The molecular formula is C49H42N2O2.